The van der Waals surface area contributed by atoms with Crippen LogP contribution in [0.1, 0.15) is 58.7 Å². The lowest BCUT2D eigenvalue weighted by atomic mass is 10.2. The lowest BCUT2D eigenvalue weighted by molar-refractivity contribution is -0.122. The number of carbonyl (C=O) groups excluding carboxylic acids is 2. The van der Waals surface area contributed by atoms with Crippen LogP contribution in [0.3, 0.4) is 0 Å². The third kappa shape index (κ3) is 7.26. The molecule has 0 fully saturated rings. The Morgan fingerprint density at radius 3 is 2.52 bits per heavy atom. The number of nitrogens with zero attached hydrogens (tertiary/aromatic N) is 3. The summed E-state index contributed by atoms with van der Waals surface area (Å²) in [5, 5.41) is 5.67. The van der Waals surface area contributed by atoms with E-state index in [-0.39, 0.29) is 35.6 Å². The van der Waals surface area contributed by atoms with Gasteiger partial charge in [0, 0.05) is 52.5 Å². The van der Waals surface area contributed by atoms with Gasteiger partial charge in [0.1, 0.15) is 5.82 Å². The van der Waals surface area contributed by atoms with E-state index in [1.54, 1.807) is 18.2 Å². The van der Waals surface area contributed by atoms with E-state index in [9.17, 15) is 18.0 Å². The van der Waals surface area contributed by atoms with Gasteiger partial charge in [0.2, 0.25) is 21.8 Å². The van der Waals surface area contributed by atoms with E-state index < -0.39 is 10.0 Å². The summed E-state index contributed by atoms with van der Waals surface area (Å²) in [5.74, 6) is 0.535. The predicted octanol–water partition coefficient (Wildman–Crippen LogP) is 2.44. The number of unbranched alkanes of at least 4 members (excludes halogenated alkanes) is 1. The van der Waals surface area contributed by atoms with Crippen LogP contribution in [0.5, 0.6) is 0 Å². The Morgan fingerprint density at radius 2 is 1.88 bits per heavy atom. The third-order valence-corrected chi connectivity index (χ3v) is 7.39. The molecule has 1 aromatic carbocycles. The summed E-state index contributed by atoms with van der Waals surface area (Å²) < 4.78 is 28.2. The van der Waals surface area contributed by atoms with Crippen LogP contribution in [-0.4, -0.2) is 60.8 Å². The smallest absolute Gasteiger partial charge is 0.242 e. The molecule has 33 heavy (non-hydrogen) atoms. The first kappa shape index (κ1) is 26.8. The average molecular weight is 480 g/mol. The minimum absolute atomic E-state index is 0.0745. The Balaban J connectivity index is 2.08. The van der Waals surface area contributed by atoms with Gasteiger partial charge in [-0.05, 0) is 38.0 Å². The number of fused-ring (bicyclic) bond motifs is 1. The maximum absolute atomic E-state index is 12.5. The number of imidazole rings is 1. The molecule has 0 aliphatic carbocycles. The molecule has 0 bridgehead atoms. The maximum Gasteiger partial charge on any atom is 0.242 e. The summed E-state index contributed by atoms with van der Waals surface area (Å²) >= 11 is 0. The van der Waals surface area contributed by atoms with Crippen LogP contribution in [0.25, 0.3) is 11.0 Å². The number of hydrogen-bond donors (Lipinski definition) is 2. The van der Waals surface area contributed by atoms with Gasteiger partial charge in [0.25, 0.3) is 0 Å². The number of rotatable bonds is 13. The zero-order valence-corrected chi connectivity index (χ0v) is 21.2. The van der Waals surface area contributed by atoms with Crippen molar-refractivity contribution in [1.82, 2.24) is 24.5 Å². The van der Waals surface area contributed by atoms with Gasteiger partial charge < -0.3 is 15.2 Å². The summed E-state index contributed by atoms with van der Waals surface area (Å²) in [7, 11) is -0.559. The summed E-state index contributed by atoms with van der Waals surface area (Å²) in [6, 6.07) is 5.10. The number of sulfonamides is 1. The number of benzene rings is 1. The van der Waals surface area contributed by atoms with E-state index in [0.29, 0.717) is 18.5 Å². The van der Waals surface area contributed by atoms with Crippen LogP contribution in [0.4, 0.5) is 0 Å². The highest BCUT2D eigenvalue weighted by Crippen LogP contribution is 2.23. The molecule has 0 saturated heterocycles. The van der Waals surface area contributed by atoms with Crippen LogP contribution in [0.15, 0.2) is 23.1 Å². The van der Waals surface area contributed by atoms with Gasteiger partial charge >= 0.3 is 0 Å². The van der Waals surface area contributed by atoms with Crippen molar-refractivity contribution < 1.29 is 18.0 Å². The Hall–Kier alpha value is -2.46. The molecule has 0 aliphatic heterocycles. The largest absolute Gasteiger partial charge is 0.356 e. The first-order valence-electron chi connectivity index (χ1n) is 11.6. The molecule has 1 heterocycles. The van der Waals surface area contributed by atoms with Gasteiger partial charge in [-0.3, -0.25) is 9.59 Å². The minimum atomic E-state index is -3.55. The maximum atomic E-state index is 12.5. The molecule has 2 amide bonds. The first-order chi connectivity index (χ1) is 15.6. The van der Waals surface area contributed by atoms with Gasteiger partial charge in [-0.1, -0.05) is 20.3 Å². The van der Waals surface area contributed by atoms with Crippen molar-refractivity contribution in [3.63, 3.8) is 0 Å². The van der Waals surface area contributed by atoms with Crippen molar-refractivity contribution in [2.45, 2.75) is 76.8 Å². The highest BCUT2D eigenvalue weighted by molar-refractivity contribution is 7.89. The normalized spacial score (nSPS) is 12.8. The van der Waals surface area contributed by atoms with Crippen molar-refractivity contribution in [2.75, 3.05) is 20.6 Å². The van der Waals surface area contributed by atoms with Crippen molar-refractivity contribution in [1.29, 1.82) is 0 Å². The number of nitrogens with one attached hydrogen (secondary N) is 2. The Bertz CT molecular complexity index is 1060. The molecule has 0 radical (unpaired) electrons. The highest BCUT2D eigenvalue weighted by Gasteiger charge is 2.20. The highest BCUT2D eigenvalue weighted by atomic mass is 32.2. The minimum Gasteiger partial charge on any atom is -0.356 e. The fraction of sp³-hybridized carbons (Fsp3) is 0.609. The second-order valence-electron chi connectivity index (χ2n) is 8.45. The fourth-order valence-corrected chi connectivity index (χ4v) is 4.29. The molecule has 9 nitrogen and oxygen atoms in total. The number of hydrogen-bond acceptors (Lipinski definition) is 5. The Morgan fingerprint density at radius 1 is 1.15 bits per heavy atom. The SMILES string of the molecule is CCCCn1c(CCC(=O)NCCC(=O)NC(C)CC)nc2cc(S(=O)(=O)N(C)C)ccc21. The summed E-state index contributed by atoms with van der Waals surface area (Å²) in [5.41, 5.74) is 1.46. The summed E-state index contributed by atoms with van der Waals surface area (Å²) in [4.78, 5) is 29.0. The van der Waals surface area contributed by atoms with Crippen LogP contribution in [0, 0.1) is 0 Å². The van der Waals surface area contributed by atoms with Crippen molar-refractivity contribution in [3.8, 4) is 0 Å². The van der Waals surface area contributed by atoms with Gasteiger partial charge in [0.05, 0.1) is 15.9 Å². The Kier molecular flexibility index (Phi) is 9.85. The molecule has 184 valence electrons. The molecule has 0 aliphatic rings. The van der Waals surface area contributed by atoms with Gasteiger partial charge in [-0.15, -0.1) is 0 Å². The quantitative estimate of drug-likeness (QED) is 0.458. The third-order valence-electron chi connectivity index (χ3n) is 5.58. The van der Waals surface area contributed by atoms with Crippen LogP contribution in [0.2, 0.25) is 0 Å². The lowest BCUT2D eigenvalue weighted by Gasteiger charge is -2.12. The molecule has 1 aromatic heterocycles. The van der Waals surface area contributed by atoms with Gasteiger partial charge in [0.15, 0.2) is 0 Å². The number of aromatic nitrogens is 2. The molecule has 2 aromatic rings. The van der Waals surface area contributed by atoms with Crippen LogP contribution < -0.4 is 10.6 Å². The monoisotopic (exact) mass is 479 g/mol. The molecule has 10 heteroatoms. The first-order valence-corrected chi connectivity index (χ1v) is 13.0. The number of aryl methyl sites for hydroxylation is 2. The topological polar surface area (TPSA) is 113 Å². The van der Waals surface area contributed by atoms with Crippen LogP contribution >= 0.6 is 0 Å². The molecule has 1 atom stereocenters. The van der Waals surface area contributed by atoms with Crippen molar-refractivity contribution >= 4 is 32.9 Å². The molecular formula is C23H37N5O4S. The fourth-order valence-electron chi connectivity index (χ4n) is 3.37. The molecule has 2 rings (SSSR count). The number of carbonyl (C=O) groups is 2. The summed E-state index contributed by atoms with van der Waals surface area (Å²) in [6.45, 7) is 7.09. The zero-order valence-electron chi connectivity index (χ0n) is 20.3. The average Bonchev–Trinajstić information content (AvgIpc) is 3.12. The van der Waals surface area contributed by atoms with Crippen molar-refractivity contribution in [3.05, 3.63) is 24.0 Å². The summed E-state index contributed by atoms with van der Waals surface area (Å²) in [6.07, 6.45) is 3.73. The number of amides is 2. The van der Waals surface area contributed by atoms with E-state index in [2.05, 4.69) is 27.1 Å². The molecular weight excluding hydrogens is 442 g/mol. The second-order valence-corrected chi connectivity index (χ2v) is 10.6. The van der Waals surface area contributed by atoms with E-state index >= 15 is 0 Å². The van der Waals surface area contributed by atoms with Gasteiger partial charge in [-0.2, -0.15) is 0 Å². The second kappa shape index (κ2) is 12.1. The zero-order chi connectivity index (χ0) is 24.6. The molecule has 1 unspecified atom stereocenters. The van der Waals surface area contributed by atoms with E-state index in [4.69, 9.17) is 0 Å². The van der Waals surface area contributed by atoms with E-state index in [1.807, 2.05) is 13.8 Å². The van der Waals surface area contributed by atoms with E-state index in [0.717, 1.165) is 37.1 Å². The molecule has 0 spiro atoms. The lowest BCUT2D eigenvalue weighted by Crippen LogP contribution is -2.35. The predicted molar refractivity (Wildman–Crippen MR) is 129 cm³/mol. The standard InChI is InChI=1S/C23H37N5O4S/c1-6-8-15-28-20-10-9-18(33(31,32)27(4)5)16-19(20)26-21(28)11-12-22(29)24-14-13-23(30)25-17(3)7-2/h9-10,16-17H,6-8,11-15H2,1-5H3,(H,24,29)(H,25,30). The van der Waals surface area contributed by atoms with Crippen LogP contribution in [-0.2, 0) is 32.6 Å². The molecule has 0 saturated carbocycles. The van der Waals surface area contributed by atoms with Gasteiger partial charge in [-0.25, -0.2) is 17.7 Å². The Labute approximate surface area is 197 Å². The van der Waals surface area contributed by atoms with Crippen molar-refractivity contribution in [2.24, 2.45) is 0 Å². The molecule has 2 N–H and O–H groups in total. The van der Waals surface area contributed by atoms with E-state index in [1.165, 1.54) is 18.4 Å².